The molecule has 1 amide bonds. The Bertz CT molecular complexity index is 370. The minimum Gasteiger partial charge on any atom is -0.348 e. The summed E-state index contributed by atoms with van der Waals surface area (Å²) >= 11 is 0. The molecule has 1 aromatic heterocycles. The summed E-state index contributed by atoms with van der Waals surface area (Å²) in [6.07, 6.45) is 8.34. The molecule has 6 heteroatoms. The summed E-state index contributed by atoms with van der Waals surface area (Å²) in [7, 11) is 0. The van der Waals surface area contributed by atoms with E-state index in [1.807, 2.05) is 0 Å². The summed E-state index contributed by atoms with van der Waals surface area (Å²) in [4.78, 5) is 12.0. The van der Waals surface area contributed by atoms with E-state index < -0.39 is 0 Å². The van der Waals surface area contributed by atoms with Crippen LogP contribution in [0.15, 0.2) is 0 Å². The number of H-pyrrole nitrogens is 1. The molecule has 0 unspecified atom stereocenters. The monoisotopic (exact) mass is 265 g/mol. The quantitative estimate of drug-likeness (QED) is 0.821. The number of carbonyl (C=O) groups is 1. The van der Waals surface area contributed by atoms with Crippen LogP contribution in [0.3, 0.4) is 0 Å². The van der Waals surface area contributed by atoms with Gasteiger partial charge < -0.3 is 5.32 Å². The van der Waals surface area contributed by atoms with Crippen LogP contribution >= 0.6 is 0 Å². The fourth-order valence-corrected chi connectivity index (χ4v) is 2.77. The van der Waals surface area contributed by atoms with Crippen LogP contribution in [0.4, 0.5) is 0 Å². The van der Waals surface area contributed by atoms with Crippen molar-refractivity contribution in [3.05, 3.63) is 5.82 Å². The van der Waals surface area contributed by atoms with Gasteiger partial charge in [0.25, 0.3) is 0 Å². The average molecular weight is 265 g/mol. The van der Waals surface area contributed by atoms with Gasteiger partial charge in [-0.2, -0.15) is 5.21 Å². The molecular weight excluding hydrogens is 242 g/mol. The van der Waals surface area contributed by atoms with Crippen molar-refractivity contribution < 1.29 is 4.79 Å². The van der Waals surface area contributed by atoms with Crippen LogP contribution in [-0.4, -0.2) is 26.5 Å². The molecular formula is C13H23N5O. The van der Waals surface area contributed by atoms with Crippen molar-refractivity contribution in [3.63, 3.8) is 0 Å². The second-order valence-electron chi connectivity index (χ2n) is 5.41. The number of carbonyl (C=O) groups excluding carboxylic acids is 1. The molecule has 6 nitrogen and oxygen atoms in total. The maximum absolute atomic E-state index is 12.0. The standard InChI is InChI=1S/C13H23N5O/c1-2-3-4-10-5-7-11(8-6-10)13(19)14-9-12-15-17-18-16-12/h10-11H,2-9H2,1H3,(H,14,19)(H,15,16,17,18). The highest BCUT2D eigenvalue weighted by Gasteiger charge is 2.25. The van der Waals surface area contributed by atoms with E-state index in [-0.39, 0.29) is 11.8 Å². The SMILES string of the molecule is CCCCC1CCC(C(=O)NCc2nn[nH]n2)CC1. The summed E-state index contributed by atoms with van der Waals surface area (Å²) in [5, 5.41) is 16.4. The van der Waals surface area contributed by atoms with E-state index in [0.29, 0.717) is 12.4 Å². The number of rotatable bonds is 6. The van der Waals surface area contributed by atoms with Crippen LogP contribution in [-0.2, 0) is 11.3 Å². The van der Waals surface area contributed by atoms with E-state index in [1.165, 1.54) is 32.1 Å². The number of hydrogen-bond donors (Lipinski definition) is 2. The number of amides is 1. The number of aromatic amines is 1. The van der Waals surface area contributed by atoms with Gasteiger partial charge in [-0.3, -0.25) is 4.79 Å². The lowest BCUT2D eigenvalue weighted by molar-refractivity contribution is -0.126. The zero-order chi connectivity index (χ0) is 13.5. The van der Waals surface area contributed by atoms with Gasteiger partial charge >= 0.3 is 0 Å². The van der Waals surface area contributed by atoms with Gasteiger partial charge in [0.05, 0.1) is 6.54 Å². The van der Waals surface area contributed by atoms with Gasteiger partial charge in [-0.15, -0.1) is 10.2 Å². The first kappa shape index (κ1) is 14.0. The minimum absolute atomic E-state index is 0.138. The smallest absolute Gasteiger partial charge is 0.223 e. The molecule has 1 fully saturated rings. The maximum atomic E-state index is 12.0. The summed E-state index contributed by atoms with van der Waals surface area (Å²) in [5.41, 5.74) is 0. The van der Waals surface area contributed by atoms with Gasteiger partial charge in [0.2, 0.25) is 5.91 Å². The van der Waals surface area contributed by atoms with Crippen LogP contribution in [0.2, 0.25) is 0 Å². The summed E-state index contributed by atoms with van der Waals surface area (Å²) in [5.74, 6) is 1.68. The predicted octanol–water partition coefficient (Wildman–Crippen LogP) is 1.81. The number of tetrazole rings is 1. The van der Waals surface area contributed by atoms with Gasteiger partial charge in [0, 0.05) is 5.92 Å². The molecule has 2 N–H and O–H groups in total. The zero-order valence-corrected chi connectivity index (χ0v) is 11.6. The Morgan fingerprint density at radius 2 is 2.16 bits per heavy atom. The highest BCUT2D eigenvalue weighted by Crippen LogP contribution is 2.31. The maximum Gasteiger partial charge on any atom is 0.223 e. The fourth-order valence-electron chi connectivity index (χ4n) is 2.77. The van der Waals surface area contributed by atoms with Crippen molar-refractivity contribution >= 4 is 5.91 Å². The van der Waals surface area contributed by atoms with Crippen LogP contribution in [0.25, 0.3) is 0 Å². The highest BCUT2D eigenvalue weighted by molar-refractivity contribution is 5.78. The van der Waals surface area contributed by atoms with Crippen molar-refractivity contribution in [2.75, 3.05) is 0 Å². The summed E-state index contributed by atoms with van der Waals surface area (Å²) in [6.45, 7) is 2.60. The van der Waals surface area contributed by atoms with E-state index in [1.54, 1.807) is 0 Å². The Labute approximate surface area is 113 Å². The number of nitrogens with one attached hydrogen (secondary N) is 2. The number of unbranched alkanes of at least 4 members (excludes halogenated alkanes) is 1. The molecule has 0 saturated heterocycles. The molecule has 1 saturated carbocycles. The lowest BCUT2D eigenvalue weighted by atomic mass is 9.79. The largest absolute Gasteiger partial charge is 0.348 e. The molecule has 19 heavy (non-hydrogen) atoms. The third kappa shape index (κ3) is 4.29. The lowest BCUT2D eigenvalue weighted by Crippen LogP contribution is -2.33. The normalized spacial score (nSPS) is 23.2. The molecule has 0 bridgehead atoms. The van der Waals surface area contributed by atoms with Gasteiger partial charge in [-0.25, -0.2) is 0 Å². The Balaban J connectivity index is 1.67. The van der Waals surface area contributed by atoms with Crippen molar-refractivity contribution in [3.8, 4) is 0 Å². The van der Waals surface area contributed by atoms with Crippen molar-refractivity contribution in [2.45, 2.75) is 58.4 Å². The van der Waals surface area contributed by atoms with E-state index in [2.05, 4.69) is 32.9 Å². The van der Waals surface area contributed by atoms with Crippen molar-refractivity contribution in [2.24, 2.45) is 11.8 Å². The molecule has 1 aliphatic carbocycles. The molecule has 0 atom stereocenters. The second kappa shape index (κ2) is 7.21. The fraction of sp³-hybridized carbons (Fsp3) is 0.846. The lowest BCUT2D eigenvalue weighted by Gasteiger charge is -2.27. The molecule has 0 radical (unpaired) electrons. The number of aromatic nitrogens is 4. The second-order valence-corrected chi connectivity index (χ2v) is 5.41. The van der Waals surface area contributed by atoms with Crippen LogP contribution < -0.4 is 5.32 Å². The van der Waals surface area contributed by atoms with Gasteiger partial charge in [-0.1, -0.05) is 31.4 Å². The average Bonchev–Trinajstić information content (AvgIpc) is 2.96. The van der Waals surface area contributed by atoms with E-state index in [0.717, 1.165) is 18.8 Å². The third-order valence-electron chi connectivity index (χ3n) is 3.99. The molecule has 1 heterocycles. The summed E-state index contributed by atoms with van der Waals surface area (Å²) in [6, 6.07) is 0. The Morgan fingerprint density at radius 3 is 2.79 bits per heavy atom. The van der Waals surface area contributed by atoms with E-state index in [4.69, 9.17) is 0 Å². The van der Waals surface area contributed by atoms with E-state index >= 15 is 0 Å². The van der Waals surface area contributed by atoms with Gasteiger partial charge in [0.15, 0.2) is 5.82 Å². The first-order chi connectivity index (χ1) is 9.29. The highest BCUT2D eigenvalue weighted by atomic mass is 16.1. The summed E-state index contributed by atoms with van der Waals surface area (Å²) < 4.78 is 0. The Kier molecular flexibility index (Phi) is 5.30. The van der Waals surface area contributed by atoms with Crippen LogP contribution in [0, 0.1) is 11.8 Å². The molecule has 0 aliphatic heterocycles. The molecule has 1 aromatic rings. The van der Waals surface area contributed by atoms with Crippen molar-refractivity contribution in [1.82, 2.24) is 25.9 Å². The first-order valence-electron chi connectivity index (χ1n) is 7.29. The third-order valence-corrected chi connectivity index (χ3v) is 3.99. The van der Waals surface area contributed by atoms with E-state index in [9.17, 15) is 4.79 Å². The predicted molar refractivity (Wildman–Crippen MR) is 71.0 cm³/mol. The number of nitrogens with zero attached hydrogens (tertiary/aromatic N) is 3. The first-order valence-corrected chi connectivity index (χ1v) is 7.29. The molecule has 0 spiro atoms. The topological polar surface area (TPSA) is 83.6 Å². The van der Waals surface area contributed by atoms with Gasteiger partial charge in [-0.05, 0) is 31.6 Å². The number of hydrogen-bond acceptors (Lipinski definition) is 4. The molecule has 2 rings (SSSR count). The van der Waals surface area contributed by atoms with Gasteiger partial charge in [0.1, 0.15) is 0 Å². The van der Waals surface area contributed by atoms with Crippen LogP contribution in [0.1, 0.15) is 57.7 Å². The Morgan fingerprint density at radius 1 is 1.37 bits per heavy atom. The molecule has 0 aromatic carbocycles. The minimum atomic E-state index is 0.138. The van der Waals surface area contributed by atoms with Crippen LogP contribution in [0.5, 0.6) is 0 Å². The molecule has 1 aliphatic rings. The zero-order valence-electron chi connectivity index (χ0n) is 11.6. The molecule has 106 valence electrons. The Hall–Kier alpha value is -1.46. The van der Waals surface area contributed by atoms with Crippen molar-refractivity contribution in [1.29, 1.82) is 0 Å².